The van der Waals surface area contributed by atoms with Gasteiger partial charge in [-0.15, -0.1) is 0 Å². The summed E-state index contributed by atoms with van der Waals surface area (Å²) in [5.74, 6) is 0.734. The molecule has 0 unspecified atom stereocenters. The number of nitrogens with zero attached hydrogens (tertiary/aromatic N) is 7. The van der Waals surface area contributed by atoms with Gasteiger partial charge in [-0.25, -0.2) is 0 Å². The molecule has 11 nitrogen and oxygen atoms in total. The smallest absolute Gasteiger partial charge is 0.296 e. The number of hydrogen-bond acceptors (Lipinski definition) is 9. The number of rotatable bonds is 10. The number of ether oxygens (including phenoxy) is 1. The molecule has 0 atom stereocenters. The Morgan fingerprint density at radius 2 is 1.29 bits per heavy atom. The number of halogens is 1. The van der Waals surface area contributed by atoms with E-state index >= 15 is 0 Å². The van der Waals surface area contributed by atoms with Gasteiger partial charge in [-0.05, 0) is 63.4 Å². The molecule has 2 aliphatic rings. The number of piperazine rings is 1. The fraction of sp³-hybridized carbons (Fsp3) is 0.444. The van der Waals surface area contributed by atoms with Crippen LogP contribution in [-0.4, -0.2) is 143 Å². The number of aromatic nitrogens is 4. The Morgan fingerprint density at radius 3 is 1.80 bits per heavy atom. The van der Waals surface area contributed by atoms with Gasteiger partial charge in [0.1, 0.15) is 10.7 Å². The fourth-order valence-corrected chi connectivity index (χ4v) is 6.08. The number of likely N-dealkylation sites (N-methyl/N-ethyl adjacent to an activating group) is 1. The average Bonchev–Trinajstić information content (AvgIpc) is 3.18. The maximum Gasteiger partial charge on any atom is 0.296 e. The largest absolute Gasteiger partial charge is 0.382 e. The van der Waals surface area contributed by atoms with Crippen LogP contribution >= 0.6 is 11.6 Å². The predicted octanol–water partition coefficient (Wildman–Crippen LogP) is 2.28. The van der Waals surface area contributed by atoms with Crippen LogP contribution in [0, 0.1) is 5.92 Å². The third kappa shape index (κ3) is 14.7. The van der Waals surface area contributed by atoms with E-state index in [1.807, 2.05) is 73.8 Å². The molecule has 0 amide bonds. The molecule has 55 heavy (non-hydrogen) atoms. The van der Waals surface area contributed by atoms with E-state index in [2.05, 4.69) is 82.9 Å². The van der Waals surface area contributed by atoms with Gasteiger partial charge in [-0.2, -0.15) is 19.6 Å². The van der Waals surface area contributed by atoms with Gasteiger partial charge in [-0.3, -0.25) is 9.59 Å². The molecular formula is C36H47B7ClN8O3. The molecule has 0 spiro atoms. The van der Waals surface area contributed by atoms with Crippen LogP contribution in [0.5, 0.6) is 0 Å². The molecule has 2 aromatic carbocycles. The minimum atomic E-state index is -0.667. The Kier molecular flexibility index (Phi) is 20.5. The van der Waals surface area contributed by atoms with Gasteiger partial charge >= 0.3 is 0 Å². The first-order valence-corrected chi connectivity index (χ1v) is 18.9. The van der Waals surface area contributed by atoms with E-state index in [0.717, 1.165) is 94.3 Å². The van der Waals surface area contributed by atoms with Crippen molar-refractivity contribution in [3.8, 4) is 11.4 Å². The summed E-state index contributed by atoms with van der Waals surface area (Å²) in [6, 6.07) is 18.9. The van der Waals surface area contributed by atoms with Crippen molar-refractivity contribution in [1.29, 1.82) is 0 Å². The standard InChI is InChI=1S/C20H29N5O2.C16H18ClN3O.B4.B3/c1-3-27-15-7-10-21-19-18(24-13-11-23(2)12-14-24)16-22-25(20(19)26)17-8-5-4-6-9-17;1-12-7-9-19(10-8-12)14-11-18-20(16(21)15(14)17)13-5-3-2-4-6-13;1-4(2)3;1-3-2/h4-6,8-9,16,21H,3,7,10-15H2,1-2H3;2-6,11-12H,7-10H2,1H3;;. The van der Waals surface area contributed by atoms with E-state index in [1.54, 1.807) is 6.20 Å². The van der Waals surface area contributed by atoms with Gasteiger partial charge in [0.2, 0.25) is 0 Å². The number of hydrogen-bond donors (Lipinski definition) is 1. The van der Waals surface area contributed by atoms with E-state index < -0.39 is 6.39 Å². The maximum absolute atomic E-state index is 13.2. The highest BCUT2D eigenvalue weighted by molar-refractivity contribution is 7.49. The van der Waals surface area contributed by atoms with Crippen LogP contribution in [0.25, 0.3) is 11.4 Å². The zero-order valence-electron chi connectivity index (χ0n) is 32.3. The number of nitrogens with one attached hydrogen (secondary N) is 1. The highest BCUT2D eigenvalue weighted by Gasteiger charge is 2.22. The SMILES string of the molecule is CC1CCN(c2cnn(-c3ccccc3)c(=O)c2Cl)CC1.CCOCCCNc1c(N2CCN(C)CC2)cnn(-c2ccccc2)c1=O.[B]B([B])[B].[B][B][B]. The molecule has 2 aromatic heterocycles. The molecule has 2 aliphatic heterocycles. The molecule has 11 radical (unpaired) electrons. The second-order valence-corrected chi connectivity index (χ2v) is 13.4. The molecule has 19 heteroatoms. The monoisotopic (exact) mass is 751 g/mol. The summed E-state index contributed by atoms with van der Waals surface area (Å²) in [6.07, 6.45) is 5.94. The van der Waals surface area contributed by atoms with E-state index in [0.29, 0.717) is 25.4 Å². The van der Waals surface area contributed by atoms with Crippen molar-refractivity contribution in [2.24, 2.45) is 5.92 Å². The van der Waals surface area contributed by atoms with Crippen molar-refractivity contribution in [3.63, 3.8) is 0 Å². The van der Waals surface area contributed by atoms with Crippen LogP contribution < -0.4 is 26.2 Å². The molecular weight excluding hydrogens is 704 g/mol. The second kappa shape index (κ2) is 24.7. The summed E-state index contributed by atoms with van der Waals surface area (Å²) in [5, 5.41) is 12.3. The van der Waals surface area contributed by atoms with Crippen molar-refractivity contribution in [2.45, 2.75) is 33.1 Å². The van der Waals surface area contributed by atoms with Crippen molar-refractivity contribution >= 4 is 80.8 Å². The van der Waals surface area contributed by atoms with Crippen LogP contribution in [0.1, 0.15) is 33.1 Å². The Morgan fingerprint density at radius 1 is 0.818 bits per heavy atom. The Hall–Kier alpha value is -3.74. The van der Waals surface area contributed by atoms with Crippen molar-refractivity contribution in [3.05, 3.63) is 98.8 Å². The predicted molar refractivity (Wildman–Crippen MR) is 235 cm³/mol. The molecule has 2 fully saturated rings. The van der Waals surface area contributed by atoms with Crippen LogP contribution in [-0.2, 0) is 4.74 Å². The Balaban J connectivity index is 0.000000258. The van der Waals surface area contributed by atoms with Crippen LogP contribution in [0.15, 0.2) is 82.6 Å². The molecule has 6 rings (SSSR count). The van der Waals surface area contributed by atoms with Crippen LogP contribution in [0.2, 0.25) is 5.02 Å². The normalized spacial score (nSPS) is 14.3. The van der Waals surface area contributed by atoms with E-state index in [4.69, 9.17) is 16.3 Å². The number of piperidine rings is 1. The summed E-state index contributed by atoms with van der Waals surface area (Å²) < 4.78 is 8.21. The summed E-state index contributed by atoms with van der Waals surface area (Å²) in [7, 11) is 26.1. The quantitative estimate of drug-likeness (QED) is 0.194. The molecule has 4 aromatic rings. The molecule has 277 valence electrons. The summed E-state index contributed by atoms with van der Waals surface area (Å²) in [5.41, 5.74) is 3.37. The van der Waals surface area contributed by atoms with Gasteiger partial charge in [0.25, 0.3) is 11.1 Å². The van der Waals surface area contributed by atoms with E-state index in [1.165, 1.54) is 9.36 Å². The molecule has 0 aliphatic carbocycles. The lowest BCUT2D eigenvalue weighted by Crippen LogP contribution is -2.45. The minimum Gasteiger partial charge on any atom is -0.382 e. The second-order valence-electron chi connectivity index (χ2n) is 13.1. The van der Waals surface area contributed by atoms with Crippen LogP contribution in [0.3, 0.4) is 0 Å². The highest BCUT2D eigenvalue weighted by Crippen LogP contribution is 2.27. The first kappa shape index (κ1) is 45.7. The first-order chi connectivity index (χ1) is 26.5. The van der Waals surface area contributed by atoms with Gasteiger partial charge in [0.05, 0.1) is 35.1 Å². The summed E-state index contributed by atoms with van der Waals surface area (Å²) >= 11 is 6.30. The first-order valence-electron chi connectivity index (χ1n) is 18.5. The van der Waals surface area contributed by atoms with Crippen molar-refractivity contribution in [2.75, 3.05) is 81.2 Å². The third-order valence-corrected chi connectivity index (χ3v) is 9.15. The van der Waals surface area contributed by atoms with Gasteiger partial charge in [-0.1, -0.05) is 54.9 Å². The van der Waals surface area contributed by atoms with Crippen molar-refractivity contribution < 1.29 is 4.74 Å². The third-order valence-electron chi connectivity index (χ3n) is 8.80. The average molecular weight is 751 g/mol. The highest BCUT2D eigenvalue weighted by atomic mass is 35.5. The summed E-state index contributed by atoms with van der Waals surface area (Å²) in [6.45, 7) is 11.9. The zero-order chi connectivity index (χ0) is 40.2. The topological polar surface area (TPSA) is 101 Å². The Bertz CT molecular complexity index is 1790. The lowest BCUT2D eigenvalue weighted by atomic mass is 9.08. The molecule has 0 bridgehead atoms. The van der Waals surface area contributed by atoms with Gasteiger partial charge in [0, 0.05) is 111 Å². The molecule has 4 heterocycles. The maximum atomic E-state index is 13.2. The zero-order valence-corrected chi connectivity index (χ0v) is 33.0. The van der Waals surface area contributed by atoms with Gasteiger partial charge in [0.15, 0.2) is 0 Å². The minimum absolute atomic E-state index is 0.117. The molecule has 2 saturated heterocycles. The molecule has 1 N–H and O–H groups in total. The van der Waals surface area contributed by atoms with Crippen LogP contribution in [0.4, 0.5) is 17.1 Å². The number of anilines is 3. The molecule has 0 saturated carbocycles. The summed E-state index contributed by atoms with van der Waals surface area (Å²) in [4.78, 5) is 32.3. The van der Waals surface area contributed by atoms with Crippen molar-refractivity contribution in [1.82, 2.24) is 24.5 Å². The fourth-order valence-electron chi connectivity index (χ4n) is 5.83. The lowest BCUT2D eigenvalue weighted by molar-refractivity contribution is 0.147. The van der Waals surface area contributed by atoms with E-state index in [-0.39, 0.29) is 16.1 Å². The number of benzene rings is 2. The lowest BCUT2D eigenvalue weighted by Gasteiger charge is -2.34. The van der Waals surface area contributed by atoms with E-state index in [9.17, 15) is 9.59 Å². The van der Waals surface area contributed by atoms with Gasteiger partial charge < -0.3 is 24.8 Å². The Labute approximate surface area is 339 Å². The number of para-hydroxylation sites is 2.